The number of unbranched alkanes of at least 4 members (excludes halogenated alkanes) is 2. The first-order chi connectivity index (χ1) is 7.34. The van der Waals surface area contributed by atoms with Crippen LogP contribution < -0.4 is 0 Å². The Hall–Kier alpha value is -0.960. The molecule has 0 aliphatic rings. The van der Waals surface area contributed by atoms with Crippen LogP contribution in [-0.2, 0) is 4.74 Å². The van der Waals surface area contributed by atoms with Crippen molar-refractivity contribution in [2.45, 2.75) is 19.3 Å². The predicted molar refractivity (Wildman–Crippen MR) is 64.4 cm³/mol. The number of thiol groups is 1. The van der Waals surface area contributed by atoms with E-state index in [4.69, 9.17) is 4.74 Å². The Morgan fingerprint density at radius 3 is 2.53 bits per heavy atom. The molecule has 3 heteroatoms. The molecule has 0 fully saturated rings. The van der Waals surface area contributed by atoms with Crippen molar-refractivity contribution in [3.63, 3.8) is 0 Å². The van der Waals surface area contributed by atoms with Gasteiger partial charge in [0.1, 0.15) is 0 Å². The molecule has 0 bridgehead atoms. The van der Waals surface area contributed by atoms with Crippen molar-refractivity contribution in [3.05, 3.63) is 35.9 Å². The van der Waals surface area contributed by atoms with Gasteiger partial charge >= 0.3 is 5.97 Å². The van der Waals surface area contributed by atoms with E-state index in [0.29, 0.717) is 12.2 Å². The van der Waals surface area contributed by atoms with Gasteiger partial charge in [0.25, 0.3) is 0 Å². The average Bonchev–Trinajstić information content (AvgIpc) is 2.30. The van der Waals surface area contributed by atoms with Gasteiger partial charge in [-0.15, -0.1) is 0 Å². The van der Waals surface area contributed by atoms with E-state index >= 15 is 0 Å². The Kier molecular flexibility index (Phi) is 5.93. The van der Waals surface area contributed by atoms with Gasteiger partial charge < -0.3 is 4.74 Å². The van der Waals surface area contributed by atoms with E-state index in [-0.39, 0.29) is 5.97 Å². The van der Waals surface area contributed by atoms with Gasteiger partial charge in [0.15, 0.2) is 0 Å². The van der Waals surface area contributed by atoms with Crippen molar-refractivity contribution in [2.24, 2.45) is 0 Å². The number of hydrogen-bond acceptors (Lipinski definition) is 3. The zero-order chi connectivity index (χ0) is 10.9. The van der Waals surface area contributed by atoms with E-state index in [2.05, 4.69) is 12.6 Å². The summed E-state index contributed by atoms with van der Waals surface area (Å²) < 4.78 is 5.11. The number of rotatable bonds is 6. The molecule has 0 spiro atoms. The fourth-order valence-corrected chi connectivity index (χ4v) is 1.44. The van der Waals surface area contributed by atoms with Gasteiger partial charge in [0.05, 0.1) is 12.2 Å². The van der Waals surface area contributed by atoms with Crippen molar-refractivity contribution < 1.29 is 9.53 Å². The van der Waals surface area contributed by atoms with Crippen molar-refractivity contribution in [1.29, 1.82) is 0 Å². The Morgan fingerprint density at radius 2 is 1.87 bits per heavy atom. The zero-order valence-electron chi connectivity index (χ0n) is 8.69. The molecule has 0 aliphatic carbocycles. The van der Waals surface area contributed by atoms with E-state index in [0.717, 1.165) is 25.0 Å². The molecule has 1 aromatic carbocycles. The molecule has 0 aliphatic heterocycles. The van der Waals surface area contributed by atoms with Crippen LogP contribution in [0.4, 0.5) is 0 Å². The van der Waals surface area contributed by atoms with Crippen molar-refractivity contribution >= 4 is 18.6 Å². The molecule has 0 unspecified atom stereocenters. The van der Waals surface area contributed by atoms with Crippen LogP contribution in [-0.4, -0.2) is 18.3 Å². The van der Waals surface area contributed by atoms with Crippen LogP contribution in [0, 0.1) is 0 Å². The quantitative estimate of drug-likeness (QED) is 0.457. The number of benzene rings is 1. The fourth-order valence-electron chi connectivity index (χ4n) is 1.21. The molecule has 0 saturated heterocycles. The summed E-state index contributed by atoms with van der Waals surface area (Å²) in [6, 6.07) is 9.06. The maximum atomic E-state index is 11.4. The molecule has 0 N–H and O–H groups in total. The van der Waals surface area contributed by atoms with E-state index in [9.17, 15) is 4.79 Å². The van der Waals surface area contributed by atoms with Crippen molar-refractivity contribution in [1.82, 2.24) is 0 Å². The zero-order valence-corrected chi connectivity index (χ0v) is 9.58. The van der Waals surface area contributed by atoms with Crippen molar-refractivity contribution in [3.8, 4) is 0 Å². The van der Waals surface area contributed by atoms with E-state index in [1.165, 1.54) is 0 Å². The molecule has 2 nitrogen and oxygen atoms in total. The highest BCUT2D eigenvalue weighted by atomic mass is 32.1. The summed E-state index contributed by atoms with van der Waals surface area (Å²) in [6.07, 6.45) is 3.05. The second kappa shape index (κ2) is 7.35. The highest BCUT2D eigenvalue weighted by Crippen LogP contribution is 2.03. The minimum Gasteiger partial charge on any atom is -0.462 e. The molecule has 15 heavy (non-hydrogen) atoms. The molecule has 1 rings (SSSR count). The minimum absolute atomic E-state index is 0.235. The maximum Gasteiger partial charge on any atom is 0.338 e. The Bertz CT molecular complexity index is 285. The first kappa shape index (κ1) is 12.1. The number of hydrogen-bond donors (Lipinski definition) is 1. The van der Waals surface area contributed by atoms with Crippen LogP contribution in [0.2, 0.25) is 0 Å². The van der Waals surface area contributed by atoms with Crippen LogP contribution >= 0.6 is 12.6 Å². The molecule has 0 amide bonds. The minimum atomic E-state index is -0.235. The van der Waals surface area contributed by atoms with Crippen LogP contribution in [0.15, 0.2) is 30.3 Å². The van der Waals surface area contributed by atoms with Gasteiger partial charge in [0.2, 0.25) is 0 Å². The van der Waals surface area contributed by atoms with E-state index < -0.39 is 0 Å². The third-order valence-corrected chi connectivity index (χ3v) is 2.36. The van der Waals surface area contributed by atoms with Gasteiger partial charge in [-0.1, -0.05) is 18.2 Å². The number of carbonyl (C=O) groups is 1. The monoisotopic (exact) mass is 224 g/mol. The number of ether oxygens (including phenoxy) is 1. The molecular weight excluding hydrogens is 208 g/mol. The lowest BCUT2D eigenvalue weighted by atomic mass is 10.2. The van der Waals surface area contributed by atoms with E-state index in [1.807, 2.05) is 18.2 Å². The Morgan fingerprint density at radius 1 is 1.13 bits per heavy atom. The fraction of sp³-hybridized carbons (Fsp3) is 0.417. The summed E-state index contributed by atoms with van der Waals surface area (Å²) in [4.78, 5) is 11.4. The van der Waals surface area contributed by atoms with Gasteiger partial charge in [-0.25, -0.2) is 4.79 Å². The molecule has 0 heterocycles. The molecular formula is C12H16O2S. The van der Waals surface area contributed by atoms with Crippen molar-refractivity contribution in [2.75, 3.05) is 12.4 Å². The van der Waals surface area contributed by atoms with Gasteiger partial charge in [0, 0.05) is 0 Å². The summed E-state index contributed by atoms with van der Waals surface area (Å²) in [5, 5.41) is 0. The second-order valence-electron chi connectivity index (χ2n) is 3.29. The smallest absolute Gasteiger partial charge is 0.338 e. The molecule has 0 atom stereocenters. The normalized spacial score (nSPS) is 9.93. The maximum absolute atomic E-state index is 11.4. The van der Waals surface area contributed by atoms with Gasteiger partial charge in [-0.2, -0.15) is 12.6 Å². The Balaban J connectivity index is 2.20. The predicted octanol–water partition coefficient (Wildman–Crippen LogP) is 2.94. The highest BCUT2D eigenvalue weighted by molar-refractivity contribution is 7.80. The van der Waals surface area contributed by atoms with Crippen LogP contribution in [0.25, 0.3) is 0 Å². The lowest BCUT2D eigenvalue weighted by Crippen LogP contribution is -2.06. The average molecular weight is 224 g/mol. The molecule has 0 radical (unpaired) electrons. The summed E-state index contributed by atoms with van der Waals surface area (Å²) >= 11 is 4.11. The third-order valence-electron chi connectivity index (χ3n) is 2.05. The summed E-state index contributed by atoms with van der Waals surface area (Å²) in [5.74, 6) is 0.661. The lowest BCUT2D eigenvalue weighted by molar-refractivity contribution is 0.0498. The number of esters is 1. The highest BCUT2D eigenvalue weighted by Gasteiger charge is 2.04. The third kappa shape index (κ3) is 4.88. The second-order valence-corrected chi connectivity index (χ2v) is 3.73. The first-order valence-electron chi connectivity index (χ1n) is 5.17. The molecule has 0 aromatic heterocycles. The first-order valence-corrected chi connectivity index (χ1v) is 5.81. The van der Waals surface area contributed by atoms with Crippen LogP contribution in [0.1, 0.15) is 29.6 Å². The van der Waals surface area contributed by atoms with Gasteiger partial charge in [-0.3, -0.25) is 0 Å². The summed E-state index contributed by atoms with van der Waals surface area (Å²) in [7, 11) is 0. The van der Waals surface area contributed by atoms with E-state index in [1.54, 1.807) is 12.1 Å². The van der Waals surface area contributed by atoms with Crippen LogP contribution in [0.5, 0.6) is 0 Å². The molecule has 0 saturated carbocycles. The largest absolute Gasteiger partial charge is 0.462 e. The lowest BCUT2D eigenvalue weighted by Gasteiger charge is -2.03. The molecule has 1 aromatic rings. The van der Waals surface area contributed by atoms with Crippen LogP contribution in [0.3, 0.4) is 0 Å². The summed E-state index contributed by atoms with van der Waals surface area (Å²) in [6.45, 7) is 0.501. The van der Waals surface area contributed by atoms with Gasteiger partial charge in [-0.05, 0) is 37.1 Å². The SMILES string of the molecule is O=C(OCCCCCS)c1ccccc1. The topological polar surface area (TPSA) is 26.3 Å². The standard InChI is InChI=1S/C12H16O2S/c13-12(11-7-3-1-4-8-11)14-9-5-2-6-10-15/h1,3-4,7-8,15H,2,5-6,9-10H2. The summed E-state index contributed by atoms with van der Waals surface area (Å²) in [5.41, 5.74) is 0.617. The Labute approximate surface area is 96.1 Å². The number of carbonyl (C=O) groups excluding carboxylic acids is 1. The molecule has 82 valence electrons.